The fraction of sp³-hybridized carbons (Fsp3) is 0.500. The number of imidazole rings is 1. The van der Waals surface area contributed by atoms with Crippen molar-refractivity contribution in [1.82, 2.24) is 24.5 Å². The fourth-order valence-electron chi connectivity index (χ4n) is 2.27. The van der Waals surface area contributed by atoms with Crippen molar-refractivity contribution in [1.29, 1.82) is 0 Å². The quantitative estimate of drug-likeness (QED) is 0.871. The molecule has 3 rings (SSSR count). The van der Waals surface area contributed by atoms with Crippen LogP contribution >= 0.6 is 0 Å². The van der Waals surface area contributed by atoms with Crippen molar-refractivity contribution in [3.05, 3.63) is 29.6 Å². The van der Waals surface area contributed by atoms with E-state index in [4.69, 9.17) is 5.11 Å². The summed E-state index contributed by atoms with van der Waals surface area (Å²) in [6.07, 6.45) is 5.57. The summed E-state index contributed by atoms with van der Waals surface area (Å²) in [6.45, 7) is 3.38. The lowest BCUT2D eigenvalue weighted by Crippen LogP contribution is -2.11. The Morgan fingerprint density at radius 2 is 2.32 bits per heavy atom. The maximum Gasteiger partial charge on any atom is 0.358 e. The molecule has 7 heteroatoms. The minimum Gasteiger partial charge on any atom is -0.476 e. The number of nitrogens with zero attached hydrogens (tertiary/aromatic N) is 5. The molecule has 0 aliphatic heterocycles. The van der Waals surface area contributed by atoms with Crippen LogP contribution in [0, 0.1) is 0 Å². The van der Waals surface area contributed by atoms with Gasteiger partial charge in [-0.25, -0.2) is 14.5 Å². The van der Waals surface area contributed by atoms with Crippen LogP contribution in [0.2, 0.25) is 0 Å². The normalized spacial score (nSPS) is 14.8. The van der Waals surface area contributed by atoms with Gasteiger partial charge in [0.2, 0.25) is 0 Å². The molecule has 0 atom stereocenters. The zero-order valence-electron chi connectivity index (χ0n) is 10.7. The Kier molecular flexibility index (Phi) is 2.81. The number of carboxylic acids is 1. The predicted octanol–water partition coefficient (Wildman–Crippen LogP) is 1.12. The van der Waals surface area contributed by atoms with Crippen molar-refractivity contribution in [2.45, 2.75) is 38.8 Å². The van der Waals surface area contributed by atoms with Gasteiger partial charge in [0.25, 0.3) is 0 Å². The number of hydrogen-bond donors (Lipinski definition) is 1. The van der Waals surface area contributed by atoms with Crippen molar-refractivity contribution >= 4 is 5.97 Å². The average molecular weight is 261 g/mol. The van der Waals surface area contributed by atoms with Gasteiger partial charge < -0.3 is 9.67 Å². The summed E-state index contributed by atoms with van der Waals surface area (Å²) < 4.78 is 3.71. The Morgan fingerprint density at radius 1 is 1.53 bits per heavy atom. The van der Waals surface area contributed by atoms with Gasteiger partial charge in [0.05, 0.1) is 30.5 Å². The summed E-state index contributed by atoms with van der Waals surface area (Å²) in [5.74, 6) is -0.712. The van der Waals surface area contributed by atoms with Gasteiger partial charge in [-0.2, -0.15) is 0 Å². The molecule has 7 nitrogen and oxygen atoms in total. The summed E-state index contributed by atoms with van der Waals surface area (Å²) in [5, 5.41) is 16.9. The third kappa shape index (κ3) is 2.11. The van der Waals surface area contributed by atoms with Gasteiger partial charge in [-0.05, 0) is 19.8 Å². The van der Waals surface area contributed by atoms with Crippen LogP contribution in [0.3, 0.4) is 0 Å². The molecule has 0 spiro atoms. The number of hydrogen-bond acceptors (Lipinski definition) is 4. The maximum atomic E-state index is 11.2. The van der Waals surface area contributed by atoms with E-state index in [1.165, 1.54) is 0 Å². The summed E-state index contributed by atoms with van der Waals surface area (Å²) >= 11 is 0. The van der Waals surface area contributed by atoms with Crippen molar-refractivity contribution in [2.24, 2.45) is 0 Å². The number of aryl methyl sites for hydroxylation is 1. The van der Waals surface area contributed by atoms with Crippen LogP contribution in [0.5, 0.6) is 0 Å². The molecular weight excluding hydrogens is 246 g/mol. The lowest BCUT2D eigenvalue weighted by Gasteiger charge is -2.08. The van der Waals surface area contributed by atoms with Crippen LogP contribution in [0.25, 0.3) is 0 Å². The van der Waals surface area contributed by atoms with Crippen molar-refractivity contribution in [2.75, 3.05) is 0 Å². The first kappa shape index (κ1) is 11.9. The second kappa shape index (κ2) is 4.49. The molecule has 19 heavy (non-hydrogen) atoms. The highest BCUT2D eigenvalue weighted by Crippen LogP contribution is 2.41. The van der Waals surface area contributed by atoms with E-state index in [1.54, 1.807) is 17.2 Å². The van der Waals surface area contributed by atoms with Crippen LogP contribution in [-0.4, -0.2) is 35.6 Å². The van der Waals surface area contributed by atoms with Crippen LogP contribution in [0.15, 0.2) is 12.5 Å². The molecule has 1 fully saturated rings. The molecule has 1 N–H and O–H groups in total. The third-order valence-corrected chi connectivity index (χ3v) is 3.39. The molecule has 0 bridgehead atoms. The van der Waals surface area contributed by atoms with E-state index < -0.39 is 5.97 Å². The Hall–Kier alpha value is -2.18. The molecule has 0 saturated heterocycles. The predicted molar refractivity (Wildman–Crippen MR) is 66.0 cm³/mol. The number of aromatic carboxylic acids is 1. The van der Waals surface area contributed by atoms with Gasteiger partial charge in [0.15, 0.2) is 5.69 Å². The first-order valence-electron chi connectivity index (χ1n) is 6.36. The standard InChI is InChI=1S/C12H15N5O2/c1-2-16-7-13-5-9(16)6-17-11(8-3-4-8)10(12(18)19)14-15-17/h5,7-8H,2-4,6H2,1H3,(H,18,19). The van der Waals surface area contributed by atoms with Gasteiger partial charge in [-0.3, -0.25) is 0 Å². The summed E-state index contributed by atoms with van der Waals surface area (Å²) in [7, 11) is 0. The smallest absolute Gasteiger partial charge is 0.358 e. The largest absolute Gasteiger partial charge is 0.476 e. The minimum atomic E-state index is -1.00. The van der Waals surface area contributed by atoms with E-state index >= 15 is 0 Å². The van der Waals surface area contributed by atoms with Gasteiger partial charge in [0.1, 0.15) is 0 Å². The van der Waals surface area contributed by atoms with E-state index in [0.717, 1.165) is 30.8 Å². The molecule has 2 aromatic rings. The molecule has 1 saturated carbocycles. The maximum absolute atomic E-state index is 11.2. The molecule has 1 aliphatic rings. The molecule has 0 radical (unpaired) electrons. The Morgan fingerprint density at radius 3 is 2.95 bits per heavy atom. The Bertz CT molecular complexity index is 611. The Labute approximate surface area is 109 Å². The number of carboxylic acid groups (broad SMARTS) is 1. The molecule has 0 unspecified atom stereocenters. The first-order valence-corrected chi connectivity index (χ1v) is 6.36. The highest BCUT2D eigenvalue weighted by atomic mass is 16.4. The van der Waals surface area contributed by atoms with E-state index in [0.29, 0.717) is 12.5 Å². The van der Waals surface area contributed by atoms with Gasteiger partial charge in [0, 0.05) is 12.5 Å². The van der Waals surface area contributed by atoms with Crippen molar-refractivity contribution < 1.29 is 9.90 Å². The average Bonchev–Trinajstić information content (AvgIpc) is 2.98. The summed E-state index contributed by atoms with van der Waals surface area (Å²) in [5.41, 5.74) is 1.84. The zero-order chi connectivity index (χ0) is 13.4. The van der Waals surface area contributed by atoms with Crippen molar-refractivity contribution in [3.8, 4) is 0 Å². The molecule has 100 valence electrons. The second-order valence-electron chi connectivity index (χ2n) is 4.73. The van der Waals surface area contributed by atoms with Crippen LogP contribution in [0.4, 0.5) is 0 Å². The number of rotatable bonds is 5. The molecule has 1 aliphatic carbocycles. The molecule has 0 amide bonds. The third-order valence-electron chi connectivity index (χ3n) is 3.39. The SMILES string of the molecule is CCn1cncc1Cn1nnc(C(=O)O)c1C1CC1. The van der Waals surface area contributed by atoms with Gasteiger partial charge >= 0.3 is 5.97 Å². The van der Waals surface area contributed by atoms with E-state index in [2.05, 4.69) is 15.3 Å². The monoisotopic (exact) mass is 261 g/mol. The molecule has 2 aromatic heterocycles. The zero-order valence-corrected chi connectivity index (χ0v) is 10.7. The first-order chi connectivity index (χ1) is 9.20. The lowest BCUT2D eigenvalue weighted by molar-refractivity contribution is 0.0689. The topological polar surface area (TPSA) is 85.8 Å². The van der Waals surface area contributed by atoms with E-state index in [-0.39, 0.29) is 5.69 Å². The van der Waals surface area contributed by atoms with Gasteiger partial charge in [-0.1, -0.05) is 5.21 Å². The number of carbonyl (C=O) groups is 1. The summed E-state index contributed by atoms with van der Waals surface area (Å²) in [4.78, 5) is 15.3. The number of aromatic nitrogens is 5. The minimum absolute atomic E-state index is 0.0880. The molecule has 0 aromatic carbocycles. The van der Waals surface area contributed by atoms with Gasteiger partial charge in [-0.15, -0.1) is 5.10 Å². The Balaban J connectivity index is 1.95. The van der Waals surface area contributed by atoms with Crippen LogP contribution < -0.4 is 0 Å². The highest BCUT2D eigenvalue weighted by Gasteiger charge is 2.33. The summed E-state index contributed by atoms with van der Waals surface area (Å²) in [6, 6.07) is 0. The van der Waals surface area contributed by atoms with Crippen LogP contribution in [0.1, 0.15) is 47.6 Å². The lowest BCUT2D eigenvalue weighted by atomic mass is 10.2. The fourth-order valence-corrected chi connectivity index (χ4v) is 2.27. The molecular formula is C12H15N5O2. The highest BCUT2D eigenvalue weighted by molar-refractivity contribution is 5.86. The molecule has 2 heterocycles. The van der Waals surface area contributed by atoms with Crippen molar-refractivity contribution in [3.63, 3.8) is 0 Å². The van der Waals surface area contributed by atoms with Crippen LogP contribution in [-0.2, 0) is 13.1 Å². The van der Waals surface area contributed by atoms with E-state index in [9.17, 15) is 4.79 Å². The second-order valence-corrected chi connectivity index (χ2v) is 4.73. The van der Waals surface area contributed by atoms with E-state index in [1.807, 2.05) is 11.5 Å².